The lowest BCUT2D eigenvalue weighted by atomic mass is 9.98. The molecule has 0 spiro atoms. The van der Waals surface area contributed by atoms with Crippen LogP contribution in [0, 0.1) is 23.7 Å². The number of hydrogen-bond acceptors (Lipinski definition) is 5. The summed E-state index contributed by atoms with van der Waals surface area (Å²) in [6, 6.07) is 20.7. The van der Waals surface area contributed by atoms with E-state index >= 15 is 0 Å². The summed E-state index contributed by atoms with van der Waals surface area (Å²) in [7, 11) is 1.81. The zero-order chi connectivity index (χ0) is 35.1. The van der Waals surface area contributed by atoms with Crippen LogP contribution in [0.3, 0.4) is 0 Å². The lowest BCUT2D eigenvalue weighted by Crippen LogP contribution is -2.41. The van der Waals surface area contributed by atoms with Crippen molar-refractivity contribution < 1.29 is 0 Å². The van der Waals surface area contributed by atoms with Crippen molar-refractivity contribution in [3.05, 3.63) is 105 Å². The number of nitrogens with two attached hydrogens (primary N) is 5. The lowest BCUT2D eigenvalue weighted by molar-refractivity contribution is 0.518. The Balaban J connectivity index is 1.48. The Hall–Kier alpha value is -5.29. The second kappa shape index (κ2) is 18.3. The van der Waals surface area contributed by atoms with E-state index in [1.54, 1.807) is 0 Å². The first-order valence-corrected chi connectivity index (χ1v) is 16.9. The molecular weight excluding hydrogens is 608 g/mol. The van der Waals surface area contributed by atoms with Crippen molar-refractivity contribution in [2.24, 2.45) is 43.6 Å². The predicted molar refractivity (Wildman–Crippen MR) is 203 cm³/mol. The molecule has 3 aromatic rings. The fraction of sp³-hybridized carbons (Fsp3) is 0.359. The van der Waals surface area contributed by atoms with Gasteiger partial charge in [-0.2, -0.15) is 0 Å². The fourth-order valence-electron chi connectivity index (χ4n) is 5.40. The van der Waals surface area contributed by atoms with E-state index in [9.17, 15) is 0 Å². The van der Waals surface area contributed by atoms with Crippen molar-refractivity contribution in [1.82, 2.24) is 10.6 Å². The maximum absolute atomic E-state index is 6.21. The van der Waals surface area contributed by atoms with Gasteiger partial charge in [0.15, 0.2) is 11.9 Å². The minimum Gasteiger partial charge on any atom is -0.374 e. The van der Waals surface area contributed by atoms with Crippen molar-refractivity contribution >= 4 is 17.8 Å². The van der Waals surface area contributed by atoms with E-state index in [-0.39, 0.29) is 17.6 Å². The molecule has 0 aliphatic heterocycles. The van der Waals surface area contributed by atoms with Crippen LogP contribution in [0.15, 0.2) is 75.6 Å². The zero-order valence-corrected chi connectivity index (χ0v) is 28.8. The first-order valence-electron chi connectivity index (χ1n) is 16.9. The van der Waals surface area contributed by atoms with Gasteiger partial charge in [-0.05, 0) is 103 Å². The third-order valence-electron chi connectivity index (χ3n) is 8.32. The van der Waals surface area contributed by atoms with Crippen LogP contribution in [0.2, 0.25) is 0 Å². The minimum atomic E-state index is -0.188. The van der Waals surface area contributed by atoms with E-state index in [0.717, 1.165) is 86.1 Å². The van der Waals surface area contributed by atoms with E-state index in [1.807, 2.05) is 31.3 Å². The van der Waals surface area contributed by atoms with Gasteiger partial charge in [-0.15, -0.1) is 0 Å². The van der Waals surface area contributed by atoms with Gasteiger partial charge in [0.2, 0.25) is 0 Å². The van der Waals surface area contributed by atoms with Crippen molar-refractivity contribution in [3.8, 4) is 23.7 Å². The number of guanidine groups is 2. The molecule has 0 aromatic heterocycles. The van der Waals surface area contributed by atoms with Crippen molar-refractivity contribution in [2.75, 3.05) is 33.2 Å². The molecule has 1 fully saturated rings. The quantitative estimate of drug-likeness (QED) is 0.0598. The highest BCUT2D eigenvalue weighted by Crippen LogP contribution is 2.28. The summed E-state index contributed by atoms with van der Waals surface area (Å²) in [6.07, 6.45) is 6.10. The average Bonchev–Trinajstić information content (AvgIpc) is 3.82. The van der Waals surface area contributed by atoms with Gasteiger partial charge in [0, 0.05) is 61.9 Å². The third kappa shape index (κ3) is 12.7. The number of amidine groups is 1. The van der Waals surface area contributed by atoms with E-state index in [0.29, 0.717) is 13.1 Å². The second-order valence-electron chi connectivity index (χ2n) is 12.2. The zero-order valence-electron chi connectivity index (χ0n) is 28.8. The largest absolute Gasteiger partial charge is 0.374 e. The van der Waals surface area contributed by atoms with E-state index in [2.05, 4.69) is 92.6 Å². The van der Waals surface area contributed by atoms with Crippen LogP contribution in [0.25, 0.3) is 0 Å². The van der Waals surface area contributed by atoms with Crippen molar-refractivity contribution in [1.29, 1.82) is 0 Å². The molecule has 10 nitrogen and oxygen atoms in total. The molecule has 0 amide bonds. The molecule has 0 unspecified atom stereocenters. The molecule has 4 rings (SSSR count). The van der Waals surface area contributed by atoms with Gasteiger partial charge in [-0.3, -0.25) is 20.3 Å². The minimum absolute atomic E-state index is 0.0938. The standard InChI is InChI=1S/C39H50N10/c1-3-36(45-2)46-21-15-32-13-11-30(26-34(32)16-22-47-37(40)41)9-7-28-5-4-6-29(25-28)8-10-31-12-14-33(18-24-49-39(44)19-20-39)35(27-31)17-23-48-38(42)43/h4-6,11-14,25-27,49H,3,15-24,44H2,1-2H3,(H,45,46)(H4,40,41,47)(H4,42,43,48). The SMILES string of the molecule is CCC(=NC)NCCc1ccc(C#Cc2cccc(C#Cc3ccc(CCNC4(N)CC4)c(CCN=C(N)N)c3)c2)cc1CCN=C(N)N. The molecule has 0 heterocycles. The monoisotopic (exact) mass is 658 g/mol. The normalized spacial score (nSPS) is 12.9. The number of benzene rings is 3. The molecule has 10 heteroatoms. The van der Waals surface area contributed by atoms with Crippen LogP contribution >= 0.6 is 0 Å². The van der Waals surface area contributed by atoms with E-state index in [4.69, 9.17) is 28.7 Å². The average molecular weight is 659 g/mol. The maximum atomic E-state index is 6.21. The maximum Gasteiger partial charge on any atom is 0.185 e. The predicted octanol–water partition coefficient (Wildman–Crippen LogP) is 2.27. The van der Waals surface area contributed by atoms with Crippen molar-refractivity contribution in [3.63, 3.8) is 0 Å². The van der Waals surface area contributed by atoms with Gasteiger partial charge in [0.1, 0.15) is 0 Å². The summed E-state index contributed by atoms with van der Waals surface area (Å²) in [4.78, 5) is 12.7. The molecule has 0 atom stereocenters. The molecule has 0 bridgehead atoms. The van der Waals surface area contributed by atoms with Crippen LogP contribution in [0.4, 0.5) is 0 Å². The summed E-state index contributed by atoms with van der Waals surface area (Å²) >= 11 is 0. The van der Waals surface area contributed by atoms with Gasteiger partial charge in [0.25, 0.3) is 0 Å². The highest BCUT2D eigenvalue weighted by molar-refractivity contribution is 5.81. The first kappa shape index (κ1) is 36.5. The fourth-order valence-corrected chi connectivity index (χ4v) is 5.40. The molecule has 1 aliphatic carbocycles. The number of hydrogen-bond donors (Lipinski definition) is 7. The molecule has 256 valence electrons. The molecular formula is C39H50N10. The second-order valence-corrected chi connectivity index (χ2v) is 12.2. The topological polar surface area (TPSA) is 191 Å². The number of nitrogens with one attached hydrogen (secondary N) is 2. The number of aliphatic imine (C=N–C) groups is 3. The number of nitrogens with zero attached hydrogens (tertiary/aromatic N) is 3. The third-order valence-corrected chi connectivity index (χ3v) is 8.32. The van der Waals surface area contributed by atoms with E-state index < -0.39 is 0 Å². The summed E-state index contributed by atoms with van der Waals surface area (Å²) in [5.41, 5.74) is 36.8. The van der Waals surface area contributed by atoms with Crippen LogP contribution in [0.5, 0.6) is 0 Å². The molecule has 1 saturated carbocycles. The highest BCUT2D eigenvalue weighted by atomic mass is 15.1. The van der Waals surface area contributed by atoms with Gasteiger partial charge >= 0.3 is 0 Å². The van der Waals surface area contributed by atoms with Gasteiger partial charge < -0.3 is 34.0 Å². The van der Waals surface area contributed by atoms with Gasteiger partial charge in [-0.25, -0.2) is 0 Å². The van der Waals surface area contributed by atoms with E-state index in [1.165, 1.54) is 22.3 Å². The Labute approximate surface area is 291 Å². The molecule has 3 aromatic carbocycles. The lowest BCUT2D eigenvalue weighted by Gasteiger charge is -2.14. The summed E-state index contributed by atoms with van der Waals surface area (Å²) < 4.78 is 0. The Morgan fingerprint density at radius 1 is 0.673 bits per heavy atom. The summed E-state index contributed by atoms with van der Waals surface area (Å²) in [5, 5.41) is 6.86. The highest BCUT2D eigenvalue weighted by Gasteiger charge is 2.37. The Morgan fingerprint density at radius 2 is 1.16 bits per heavy atom. The molecule has 1 aliphatic rings. The van der Waals surface area contributed by atoms with Gasteiger partial charge in [-0.1, -0.05) is 48.8 Å². The molecule has 0 radical (unpaired) electrons. The molecule has 12 N–H and O–H groups in total. The Kier molecular flexibility index (Phi) is 13.7. The first-order chi connectivity index (χ1) is 23.7. The van der Waals surface area contributed by atoms with Gasteiger partial charge in [0.05, 0.1) is 11.5 Å². The van der Waals surface area contributed by atoms with Crippen LogP contribution in [-0.4, -0.2) is 56.6 Å². The number of rotatable bonds is 14. The van der Waals surface area contributed by atoms with Crippen molar-refractivity contribution in [2.45, 2.75) is 57.5 Å². The summed E-state index contributed by atoms with van der Waals surface area (Å²) in [6.45, 7) is 4.74. The summed E-state index contributed by atoms with van der Waals surface area (Å²) in [5.74, 6) is 14.5. The van der Waals surface area contributed by atoms with Crippen LogP contribution in [0.1, 0.15) is 70.7 Å². The smallest absolute Gasteiger partial charge is 0.185 e. The molecule has 49 heavy (non-hydrogen) atoms. The van der Waals surface area contributed by atoms with Crippen LogP contribution in [-0.2, 0) is 25.7 Å². The molecule has 0 saturated heterocycles. The Morgan fingerprint density at radius 3 is 1.61 bits per heavy atom. The van der Waals surface area contributed by atoms with Crippen LogP contribution < -0.4 is 39.3 Å². The Bertz CT molecular complexity index is 1790.